The van der Waals surface area contributed by atoms with Crippen LogP contribution in [0, 0.1) is 24.4 Å². The minimum atomic E-state index is -1.06. The van der Waals surface area contributed by atoms with Crippen molar-refractivity contribution in [2.24, 2.45) is 0 Å². The second-order valence-electron chi connectivity index (χ2n) is 4.33. The number of hydrogen-bond donors (Lipinski definition) is 0. The summed E-state index contributed by atoms with van der Waals surface area (Å²) in [5.74, 6) is -2.86. The highest BCUT2D eigenvalue weighted by molar-refractivity contribution is 5.97. The molecule has 2 rings (SSSR count). The predicted molar refractivity (Wildman–Crippen MR) is 67.6 cm³/mol. The number of carbonyl (C=O) groups excluding carboxylic acids is 1. The van der Waals surface area contributed by atoms with E-state index in [-0.39, 0.29) is 28.4 Å². The molecule has 0 aromatic heterocycles. The van der Waals surface area contributed by atoms with Gasteiger partial charge in [-0.1, -0.05) is 0 Å². The fraction of sp³-hybridized carbons (Fsp3) is 0.133. The molecule has 0 fully saturated rings. The van der Waals surface area contributed by atoms with E-state index >= 15 is 0 Å². The van der Waals surface area contributed by atoms with Gasteiger partial charge in [0.15, 0.2) is 17.4 Å². The third-order valence-corrected chi connectivity index (χ3v) is 2.76. The molecule has 5 heteroatoms. The summed E-state index contributed by atoms with van der Waals surface area (Å²) in [4.78, 5) is 11.5. The fourth-order valence-corrected chi connectivity index (χ4v) is 1.68. The van der Waals surface area contributed by atoms with Crippen LogP contribution in [0.4, 0.5) is 13.2 Å². The molecule has 0 N–H and O–H groups in total. The molecule has 2 aromatic carbocycles. The van der Waals surface area contributed by atoms with Crippen molar-refractivity contribution in [2.75, 3.05) is 0 Å². The second-order valence-corrected chi connectivity index (χ2v) is 4.33. The van der Waals surface area contributed by atoms with Crippen molar-refractivity contribution in [2.45, 2.75) is 13.8 Å². The van der Waals surface area contributed by atoms with Crippen LogP contribution in [0.2, 0.25) is 0 Å². The van der Waals surface area contributed by atoms with Crippen molar-refractivity contribution in [3.63, 3.8) is 0 Å². The SMILES string of the molecule is CC(=O)c1cc(F)c(C)cc1Oc1ccc(F)c(F)c1. The first-order valence-corrected chi connectivity index (χ1v) is 5.82. The number of carbonyl (C=O) groups is 1. The van der Waals surface area contributed by atoms with Crippen LogP contribution in [0.5, 0.6) is 11.5 Å². The first-order valence-electron chi connectivity index (χ1n) is 5.82. The zero-order chi connectivity index (χ0) is 14.9. The lowest BCUT2D eigenvalue weighted by atomic mass is 10.1. The van der Waals surface area contributed by atoms with Gasteiger partial charge in [-0.25, -0.2) is 13.2 Å². The van der Waals surface area contributed by atoms with Crippen LogP contribution in [-0.2, 0) is 0 Å². The van der Waals surface area contributed by atoms with E-state index in [1.165, 1.54) is 26.0 Å². The molecule has 0 heterocycles. The van der Waals surface area contributed by atoms with E-state index in [1.807, 2.05) is 0 Å². The number of halogens is 3. The molecule has 0 unspecified atom stereocenters. The van der Waals surface area contributed by atoms with E-state index in [0.717, 1.165) is 18.2 Å². The molecule has 0 amide bonds. The average molecular weight is 280 g/mol. The van der Waals surface area contributed by atoms with Crippen LogP contribution < -0.4 is 4.74 Å². The minimum Gasteiger partial charge on any atom is -0.456 e. The van der Waals surface area contributed by atoms with Gasteiger partial charge in [-0.15, -0.1) is 0 Å². The van der Waals surface area contributed by atoms with Crippen LogP contribution in [0.15, 0.2) is 30.3 Å². The molecule has 0 atom stereocenters. The van der Waals surface area contributed by atoms with Crippen LogP contribution in [0.25, 0.3) is 0 Å². The van der Waals surface area contributed by atoms with E-state index in [0.29, 0.717) is 0 Å². The van der Waals surface area contributed by atoms with Gasteiger partial charge >= 0.3 is 0 Å². The van der Waals surface area contributed by atoms with Gasteiger partial charge in [0.2, 0.25) is 0 Å². The number of Topliss-reactive ketones (excluding diaryl/α,β-unsaturated/α-hetero) is 1. The molecular weight excluding hydrogens is 269 g/mol. The van der Waals surface area contributed by atoms with Gasteiger partial charge in [0, 0.05) is 6.07 Å². The Hall–Kier alpha value is -2.30. The number of hydrogen-bond acceptors (Lipinski definition) is 2. The number of aryl methyl sites for hydroxylation is 1. The normalized spacial score (nSPS) is 10.4. The molecule has 0 aliphatic rings. The lowest BCUT2D eigenvalue weighted by molar-refractivity contribution is 0.101. The van der Waals surface area contributed by atoms with Gasteiger partial charge in [-0.05, 0) is 43.7 Å². The van der Waals surface area contributed by atoms with Gasteiger partial charge in [-0.2, -0.15) is 0 Å². The molecule has 0 saturated carbocycles. The maximum absolute atomic E-state index is 13.5. The summed E-state index contributed by atoms with van der Waals surface area (Å²) in [5, 5.41) is 0. The molecule has 2 aromatic rings. The minimum absolute atomic E-state index is 0.0254. The Morgan fingerprint density at radius 3 is 2.30 bits per heavy atom. The predicted octanol–water partition coefficient (Wildman–Crippen LogP) is 4.41. The molecule has 104 valence electrons. The Labute approximate surface area is 113 Å². The molecule has 0 bridgehead atoms. The van der Waals surface area contributed by atoms with Crippen molar-refractivity contribution < 1.29 is 22.7 Å². The van der Waals surface area contributed by atoms with Crippen molar-refractivity contribution in [1.29, 1.82) is 0 Å². The molecule has 0 spiro atoms. The second kappa shape index (κ2) is 5.36. The van der Waals surface area contributed by atoms with E-state index in [1.54, 1.807) is 0 Å². The fourth-order valence-electron chi connectivity index (χ4n) is 1.68. The third kappa shape index (κ3) is 2.82. The third-order valence-electron chi connectivity index (χ3n) is 2.76. The summed E-state index contributed by atoms with van der Waals surface area (Å²) in [6.07, 6.45) is 0. The highest BCUT2D eigenvalue weighted by atomic mass is 19.2. The van der Waals surface area contributed by atoms with Crippen LogP contribution in [0.3, 0.4) is 0 Å². The summed E-state index contributed by atoms with van der Waals surface area (Å²) in [6.45, 7) is 2.78. The zero-order valence-corrected chi connectivity index (χ0v) is 10.8. The molecule has 20 heavy (non-hydrogen) atoms. The van der Waals surface area contributed by atoms with E-state index in [4.69, 9.17) is 4.74 Å². The Balaban J connectivity index is 2.44. The quantitative estimate of drug-likeness (QED) is 0.778. The number of ketones is 1. The average Bonchev–Trinajstić information content (AvgIpc) is 2.37. The Kier molecular flexibility index (Phi) is 3.79. The van der Waals surface area contributed by atoms with E-state index in [9.17, 15) is 18.0 Å². The smallest absolute Gasteiger partial charge is 0.163 e. The lowest BCUT2D eigenvalue weighted by Gasteiger charge is -2.11. The van der Waals surface area contributed by atoms with Gasteiger partial charge in [0.05, 0.1) is 5.56 Å². The Morgan fingerprint density at radius 1 is 1.00 bits per heavy atom. The molecule has 0 radical (unpaired) electrons. The van der Waals surface area contributed by atoms with Gasteiger partial charge in [0.25, 0.3) is 0 Å². The van der Waals surface area contributed by atoms with Crippen LogP contribution in [-0.4, -0.2) is 5.78 Å². The highest BCUT2D eigenvalue weighted by Crippen LogP contribution is 2.29. The summed E-state index contributed by atoms with van der Waals surface area (Å²) in [7, 11) is 0. The Bertz CT molecular complexity index is 681. The topological polar surface area (TPSA) is 26.3 Å². The summed E-state index contributed by atoms with van der Waals surface area (Å²) >= 11 is 0. The van der Waals surface area contributed by atoms with Crippen molar-refractivity contribution >= 4 is 5.78 Å². The van der Waals surface area contributed by atoms with E-state index in [2.05, 4.69) is 0 Å². The first kappa shape index (κ1) is 14.1. The molecule has 0 aliphatic carbocycles. The van der Waals surface area contributed by atoms with E-state index < -0.39 is 17.5 Å². The number of ether oxygens (including phenoxy) is 1. The monoisotopic (exact) mass is 280 g/mol. The van der Waals surface area contributed by atoms with Crippen LogP contribution in [0.1, 0.15) is 22.8 Å². The van der Waals surface area contributed by atoms with Gasteiger partial charge in [-0.3, -0.25) is 4.79 Å². The van der Waals surface area contributed by atoms with Crippen molar-refractivity contribution in [1.82, 2.24) is 0 Å². The van der Waals surface area contributed by atoms with Crippen molar-refractivity contribution in [3.8, 4) is 11.5 Å². The maximum Gasteiger partial charge on any atom is 0.163 e. The summed E-state index contributed by atoms with van der Waals surface area (Å²) < 4.78 is 44.7. The summed E-state index contributed by atoms with van der Waals surface area (Å²) in [5.41, 5.74) is 0.324. The molecular formula is C15H11F3O2. The van der Waals surface area contributed by atoms with Crippen molar-refractivity contribution in [3.05, 3.63) is 58.9 Å². The lowest BCUT2D eigenvalue weighted by Crippen LogP contribution is -2.00. The molecule has 2 nitrogen and oxygen atoms in total. The van der Waals surface area contributed by atoms with Gasteiger partial charge < -0.3 is 4.74 Å². The highest BCUT2D eigenvalue weighted by Gasteiger charge is 2.14. The Morgan fingerprint density at radius 2 is 1.70 bits per heavy atom. The van der Waals surface area contributed by atoms with Crippen LogP contribution >= 0.6 is 0 Å². The maximum atomic E-state index is 13.5. The molecule has 0 aliphatic heterocycles. The van der Waals surface area contributed by atoms with Gasteiger partial charge in [0.1, 0.15) is 17.3 Å². The molecule has 0 saturated heterocycles. The first-order chi connectivity index (χ1) is 9.38. The number of benzene rings is 2. The zero-order valence-electron chi connectivity index (χ0n) is 10.8. The largest absolute Gasteiger partial charge is 0.456 e. The summed E-state index contributed by atoms with van der Waals surface area (Å²) in [6, 6.07) is 5.40. The standard InChI is InChI=1S/C15H11F3O2/c1-8-5-15(11(9(2)19)7-13(8)17)20-10-3-4-12(16)14(18)6-10/h3-7H,1-2H3. The number of rotatable bonds is 3.